The Labute approximate surface area is 133 Å². The number of halogens is 2. The molecule has 0 atom stereocenters. The van der Waals surface area contributed by atoms with E-state index in [4.69, 9.17) is 0 Å². The molecule has 0 amide bonds. The van der Waals surface area contributed by atoms with Crippen molar-refractivity contribution in [2.45, 2.75) is 46.8 Å². The van der Waals surface area contributed by atoms with Gasteiger partial charge in [0.05, 0.1) is 12.2 Å². The van der Waals surface area contributed by atoms with Crippen molar-refractivity contribution < 1.29 is 4.39 Å². The van der Waals surface area contributed by atoms with Crippen LogP contribution in [0, 0.1) is 19.7 Å². The summed E-state index contributed by atoms with van der Waals surface area (Å²) in [6.45, 7) is 9.71. The van der Waals surface area contributed by atoms with E-state index >= 15 is 0 Å². The summed E-state index contributed by atoms with van der Waals surface area (Å²) in [5.74, 6) is -0.234. The number of aryl methyl sites for hydroxylation is 1. The third-order valence-electron chi connectivity index (χ3n) is 3.47. The number of aromatic nitrogens is 2. The molecule has 0 fully saturated rings. The normalized spacial score (nSPS) is 11.4. The molecule has 0 unspecified atom stereocenters. The van der Waals surface area contributed by atoms with Gasteiger partial charge >= 0.3 is 0 Å². The lowest BCUT2D eigenvalue weighted by Crippen LogP contribution is -2.22. The van der Waals surface area contributed by atoms with Gasteiger partial charge in [-0.25, -0.2) is 4.39 Å². The monoisotopic (exact) mass is 353 g/mol. The molecule has 1 aromatic heterocycles. The van der Waals surface area contributed by atoms with E-state index in [1.54, 1.807) is 6.07 Å². The van der Waals surface area contributed by atoms with Crippen LogP contribution in [0.3, 0.4) is 0 Å². The molecule has 114 valence electrons. The maximum atomic E-state index is 13.5. The van der Waals surface area contributed by atoms with Gasteiger partial charge in [0.1, 0.15) is 5.82 Å². The molecule has 0 aliphatic carbocycles. The van der Waals surface area contributed by atoms with Crippen LogP contribution in [0.1, 0.15) is 36.4 Å². The third-order valence-corrected chi connectivity index (χ3v) is 3.93. The predicted molar refractivity (Wildman–Crippen MR) is 86.9 cm³/mol. The Morgan fingerprint density at radius 1 is 1.29 bits per heavy atom. The Bertz CT molecular complexity index is 614. The topological polar surface area (TPSA) is 29.9 Å². The Hall–Kier alpha value is -1.20. The lowest BCUT2D eigenvalue weighted by molar-refractivity contribution is 0.584. The molecule has 21 heavy (non-hydrogen) atoms. The molecule has 1 heterocycles. The number of hydrogen-bond acceptors (Lipinski definition) is 2. The van der Waals surface area contributed by atoms with E-state index in [0.29, 0.717) is 12.6 Å². The van der Waals surface area contributed by atoms with E-state index in [1.807, 2.05) is 17.7 Å². The van der Waals surface area contributed by atoms with Crippen molar-refractivity contribution in [2.24, 2.45) is 0 Å². The van der Waals surface area contributed by atoms with Crippen molar-refractivity contribution in [2.75, 3.05) is 0 Å². The molecule has 0 aliphatic rings. The van der Waals surface area contributed by atoms with Gasteiger partial charge in [0.25, 0.3) is 0 Å². The molecule has 1 N–H and O–H groups in total. The van der Waals surface area contributed by atoms with Crippen LogP contribution in [-0.2, 0) is 13.1 Å². The van der Waals surface area contributed by atoms with Gasteiger partial charge in [-0.15, -0.1) is 0 Å². The zero-order valence-electron chi connectivity index (χ0n) is 12.9. The van der Waals surface area contributed by atoms with Crippen LogP contribution in [0.25, 0.3) is 0 Å². The van der Waals surface area contributed by atoms with Crippen LogP contribution < -0.4 is 5.32 Å². The molecule has 1 aromatic carbocycles. The fourth-order valence-electron chi connectivity index (χ4n) is 2.33. The van der Waals surface area contributed by atoms with Crippen molar-refractivity contribution in [3.8, 4) is 0 Å². The van der Waals surface area contributed by atoms with Crippen LogP contribution in [0.5, 0.6) is 0 Å². The molecule has 0 bridgehead atoms. The van der Waals surface area contributed by atoms with Crippen molar-refractivity contribution in [1.29, 1.82) is 0 Å². The lowest BCUT2D eigenvalue weighted by Gasteiger charge is -2.09. The summed E-state index contributed by atoms with van der Waals surface area (Å²) < 4.78 is 16.1. The van der Waals surface area contributed by atoms with Gasteiger partial charge in [-0.05, 0) is 37.6 Å². The van der Waals surface area contributed by atoms with Crippen LogP contribution in [0.2, 0.25) is 0 Å². The van der Waals surface area contributed by atoms with Gasteiger partial charge in [-0.1, -0.05) is 29.8 Å². The molecule has 0 spiro atoms. The second-order valence-corrected chi connectivity index (χ2v) is 6.54. The van der Waals surface area contributed by atoms with E-state index in [-0.39, 0.29) is 5.82 Å². The summed E-state index contributed by atoms with van der Waals surface area (Å²) in [6, 6.07) is 5.37. The Kier molecular flexibility index (Phi) is 5.17. The molecule has 3 nitrogen and oxygen atoms in total. The number of nitrogens with one attached hydrogen (secondary N) is 1. The van der Waals surface area contributed by atoms with Crippen LogP contribution in [0.15, 0.2) is 22.7 Å². The summed E-state index contributed by atoms with van der Waals surface area (Å²) in [6.07, 6.45) is 0. The minimum Gasteiger partial charge on any atom is -0.310 e. The van der Waals surface area contributed by atoms with Crippen LogP contribution in [0.4, 0.5) is 4.39 Å². The van der Waals surface area contributed by atoms with Gasteiger partial charge in [-0.2, -0.15) is 5.10 Å². The highest BCUT2D eigenvalue weighted by atomic mass is 79.9. The first kappa shape index (κ1) is 16.2. The number of nitrogens with zero attached hydrogens (tertiary/aromatic N) is 2. The highest BCUT2D eigenvalue weighted by Crippen LogP contribution is 2.18. The summed E-state index contributed by atoms with van der Waals surface area (Å²) in [7, 11) is 0. The van der Waals surface area contributed by atoms with Crippen LogP contribution >= 0.6 is 15.9 Å². The molecular formula is C16H21BrFN3. The highest BCUT2D eigenvalue weighted by molar-refractivity contribution is 9.10. The van der Waals surface area contributed by atoms with E-state index in [0.717, 1.165) is 28.0 Å². The summed E-state index contributed by atoms with van der Waals surface area (Å²) in [5, 5.41) is 8.00. The molecule has 0 saturated carbocycles. The number of hydrogen-bond donors (Lipinski definition) is 1. The minimum absolute atomic E-state index is 0.234. The Balaban J connectivity index is 2.22. The van der Waals surface area contributed by atoms with E-state index in [9.17, 15) is 4.39 Å². The van der Waals surface area contributed by atoms with Gasteiger partial charge < -0.3 is 5.32 Å². The van der Waals surface area contributed by atoms with Crippen molar-refractivity contribution in [3.63, 3.8) is 0 Å². The molecule has 0 saturated heterocycles. The highest BCUT2D eigenvalue weighted by Gasteiger charge is 2.12. The third kappa shape index (κ3) is 4.14. The quantitative estimate of drug-likeness (QED) is 0.881. The Morgan fingerprint density at radius 2 is 2.00 bits per heavy atom. The lowest BCUT2D eigenvalue weighted by atomic mass is 10.2. The fourth-order valence-corrected chi connectivity index (χ4v) is 2.84. The second-order valence-electron chi connectivity index (χ2n) is 5.62. The van der Waals surface area contributed by atoms with E-state index < -0.39 is 0 Å². The maximum Gasteiger partial charge on any atom is 0.124 e. The second kappa shape index (κ2) is 6.71. The fraction of sp³-hybridized carbons (Fsp3) is 0.438. The number of rotatable bonds is 5. The zero-order valence-corrected chi connectivity index (χ0v) is 14.5. The summed E-state index contributed by atoms with van der Waals surface area (Å²) in [4.78, 5) is 0. The first-order chi connectivity index (χ1) is 9.86. The molecule has 0 aliphatic heterocycles. The standard InChI is InChI=1S/C16H21BrFN3/c1-10(2)19-8-16-11(3)20-21(12(16)4)9-13-5-14(17)7-15(18)6-13/h5-7,10,19H,8-9H2,1-4H3. The first-order valence-corrected chi connectivity index (χ1v) is 7.87. The van der Waals surface area contributed by atoms with Gasteiger partial charge in [-0.3, -0.25) is 4.68 Å². The molecule has 0 radical (unpaired) electrons. The van der Waals surface area contributed by atoms with Crippen molar-refractivity contribution in [1.82, 2.24) is 15.1 Å². The van der Waals surface area contributed by atoms with Crippen molar-refractivity contribution in [3.05, 3.63) is 51.0 Å². The Morgan fingerprint density at radius 3 is 2.62 bits per heavy atom. The first-order valence-electron chi connectivity index (χ1n) is 7.08. The van der Waals surface area contributed by atoms with E-state index in [2.05, 4.69) is 47.1 Å². The average molecular weight is 354 g/mol. The SMILES string of the molecule is Cc1nn(Cc2cc(F)cc(Br)c2)c(C)c1CNC(C)C. The van der Waals surface area contributed by atoms with Gasteiger partial charge in [0.2, 0.25) is 0 Å². The average Bonchev–Trinajstić information content (AvgIpc) is 2.61. The van der Waals surface area contributed by atoms with Crippen LogP contribution in [-0.4, -0.2) is 15.8 Å². The molecule has 2 aromatic rings. The smallest absolute Gasteiger partial charge is 0.124 e. The van der Waals surface area contributed by atoms with Gasteiger partial charge in [0, 0.05) is 28.3 Å². The zero-order chi connectivity index (χ0) is 15.6. The minimum atomic E-state index is -0.234. The molecular weight excluding hydrogens is 333 g/mol. The largest absolute Gasteiger partial charge is 0.310 e. The number of benzene rings is 1. The summed E-state index contributed by atoms with van der Waals surface area (Å²) in [5.41, 5.74) is 4.27. The summed E-state index contributed by atoms with van der Waals surface area (Å²) >= 11 is 3.33. The molecule has 2 rings (SSSR count). The molecule has 5 heteroatoms. The van der Waals surface area contributed by atoms with Gasteiger partial charge in [0.15, 0.2) is 0 Å². The predicted octanol–water partition coefficient (Wildman–Crippen LogP) is 3.95. The van der Waals surface area contributed by atoms with Crippen molar-refractivity contribution >= 4 is 15.9 Å². The maximum absolute atomic E-state index is 13.5. The van der Waals surface area contributed by atoms with E-state index in [1.165, 1.54) is 11.6 Å².